The lowest BCUT2D eigenvalue weighted by Gasteiger charge is -2.18. The summed E-state index contributed by atoms with van der Waals surface area (Å²) >= 11 is 0. The van der Waals surface area contributed by atoms with Crippen LogP contribution in [0.5, 0.6) is 0 Å². The Bertz CT molecular complexity index is 1140. The highest BCUT2D eigenvalue weighted by atomic mass is 16.6. The molecule has 6 nitrogen and oxygen atoms in total. The van der Waals surface area contributed by atoms with E-state index in [0.717, 1.165) is 103 Å². The zero-order chi connectivity index (χ0) is 43.7. The molecule has 0 saturated carbocycles. The molecule has 0 aliphatic carbocycles. The van der Waals surface area contributed by atoms with Crippen molar-refractivity contribution in [2.75, 3.05) is 13.2 Å². The van der Waals surface area contributed by atoms with Crippen molar-refractivity contribution in [1.82, 2.24) is 0 Å². The Morgan fingerprint density at radius 3 is 1.08 bits per heavy atom. The fraction of sp³-hybridized carbons (Fsp3) is 0.722. The molecule has 0 aromatic carbocycles. The molecule has 0 rings (SSSR count). The van der Waals surface area contributed by atoms with Crippen molar-refractivity contribution in [3.05, 3.63) is 72.9 Å². The summed E-state index contributed by atoms with van der Waals surface area (Å²) in [6.45, 7) is 6.50. The van der Waals surface area contributed by atoms with Crippen molar-refractivity contribution in [2.45, 2.75) is 239 Å². The van der Waals surface area contributed by atoms with Gasteiger partial charge in [-0.25, -0.2) is 0 Å². The maximum Gasteiger partial charge on any atom is 0.306 e. The summed E-state index contributed by atoms with van der Waals surface area (Å²) < 4.78 is 16.7. The third-order valence-corrected chi connectivity index (χ3v) is 10.5. The first kappa shape index (κ1) is 56.9. The molecule has 0 bridgehead atoms. The minimum Gasteiger partial charge on any atom is -0.462 e. The molecule has 0 aliphatic heterocycles. The highest BCUT2D eigenvalue weighted by molar-refractivity contribution is 5.71. The average Bonchev–Trinajstić information content (AvgIpc) is 3.24. The quantitative estimate of drug-likeness (QED) is 0.0200. The number of unbranched alkanes of at least 4 members (excludes halogenated alkanes) is 24. The van der Waals surface area contributed by atoms with Gasteiger partial charge >= 0.3 is 17.9 Å². The van der Waals surface area contributed by atoms with E-state index < -0.39 is 6.10 Å². The van der Waals surface area contributed by atoms with Crippen molar-refractivity contribution < 1.29 is 28.6 Å². The predicted octanol–water partition coefficient (Wildman–Crippen LogP) is 16.3. The largest absolute Gasteiger partial charge is 0.462 e. The minimum absolute atomic E-state index is 0.0942. The van der Waals surface area contributed by atoms with Gasteiger partial charge in [0.05, 0.1) is 0 Å². The monoisotopic (exact) mass is 837 g/mol. The van der Waals surface area contributed by atoms with Crippen molar-refractivity contribution >= 4 is 17.9 Å². The first-order chi connectivity index (χ1) is 29.5. The predicted molar refractivity (Wildman–Crippen MR) is 256 cm³/mol. The fourth-order valence-electron chi connectivity index (χ4n) is 6.66. The number of rotatable bonds is 44. The van der Waals surface area contributed by atoms with Crippen LogP contribution in [-0.2, 0) is 28.6 Å². The van der Waals surface area contributed by atoms with E-state index in [1.807, 2.05) is 0 Å². The standard InChI is InChI=1S/C54H92O6/c1-4-7-10-13-16-19-22-24-25-26-27-28-30-32-35-38-41-44-47-53(56)59-50-51(49-58-52(55)46-43-40-37-34-31-21-18-15-12-9-6-3)60-54(57)48-45-42-39-36-33-29-23-20-17-14-11-8-5-2/h15-16,18-19,22,24-29,33,51H,4-14,17,20-21,23,30-32,34-50H2,1-3H3/b18-15-,19-16-,24-22-,26-25-,28-27-,33-29-. The first-order valence-corrected chi connectivity index (χ1v) is 25.0. The zero-order valence-corrected chi connectivity index (χ0v) is 39.2. The Hall–Kier alpha value is -3.15. The molecule has 60 heavy (non-hydrogen) atoms. The molecule has 0 aromatic rings. The van der Waals surface area contributed by atoms with Gasteiger partial charge in [-0.3, -0.25) is 14.4 Å². The molecule has 0 aromatic heterocycles. The second-order valence-corrected chi connectivity index (χ2v) is 16.5. The molecule has 0 spiro atoms. The third-order valence-electron chi connectivity index (χ3n) is 10.5. The Morgan fingerprint density at radius 2 is 0.633 bits per heavy atom. The van der Waals surface area contributed by atoms with Crippen LogP contribution < -0.4 is 0 Å². The molecule has 6 heteroatoms. The van der Waals surface area contributed by atoms with E-state index in [0.29, 0.717) is 19.3 Å². The van der Waals surface area contributed by atoms with Gasteiger partial charge in [0.15, 0.2) is 6.10 Å². The maximum atomic E-state index is 12.7. The summed E-state index contributed by atoms with van der Waals surface area (Å²) in [5.74, 6) is -0.944. The lowest BCUT2D eigenvalue weighted by Crippen LogP contribution is -2.30. The summed E-state index contributed by atoms with van der Waals surface area (Å²) in [5, 5.41) is 0. The van der Waals surface area contributed by atoms with E-state index in [1.54, 1.807) is 0 Å². The van der Waals surface area contributed by atoms with Gasteiger partial charge in [-0.2, -0.15) is 0 Å². The number of allylic oxidation sites excluding steroid dienone is 12. The molecule has 0 aliphatic rings. The van der Waals surface area contributed by atoms with Crippen LogP contribution in [0.4, 0.5) is 0 Å². The van der Waals surface area contributed by atoms with E-state index in [4.69, 9.17) is 14.2 Å². The molecule has 0 fully saturated rings. The molecule has 0 heterocycles. The van der Waals surface area contributed by atoms with Crippen LogP contribution in [0.2, 0.25) is 0 Å². The van der Waals surface area contributed by atoms with Crippen LogP contribution in [0.15, 0.2) is 72.9 Å². The minimum atomic E-state index is -0.795. The lowest BCUT2D eigenvalue weighted by atomic mass is 10.1. The number of carbonyl (C=O) groups is 3. The first-order valence-electron chi connectivity index (χ1n) is 25.0. The number of carbonyl (C=O) groups excluding carboxylic acids is 3. The van der Waals surface area contributed by atoms with Crippen molar-refractivity contribution in [3.63, 3.8) is 0 Å². The smallest absolute Gasteiger partial charge is 0.306 e. The Balaban J connectivity index is 4.44. The highest BCUT2D eigenvalue weighted by Gasteiger charge is 2.19. The zero-order valence-electron chi connectivity index (χ0n) is 39.2. The lowest BCUT2D eigenvalue weighted by molar-refractivity contribution is -0.167. The number of esters is 3. The van der Waals surface area contributed by atoms with Gasteiger partial charge in [-0.15, -0.1) is 0 Å². The topological polar surface area (TPSA) is 78.9 Å². The van der Waals surface area contributed by atoms with E-state index in [1.165, 1.54) is 89.9 Å². The normalized spacial score (nSPS) is 12.7. The number of hydrogen-bond donors (Lipinski definition) is 0. The SMILES string of the molecule is CCCC/C=C\CCCCCCCC(=O)OCC(COC(=O)CCCCCCC\C=C/C=C\C=C/C=C\CCCCC)OC(=O)CCCCC/C=C\CCCCCCCC. The number of ether oxygens (including phenoxy) is 3. The molecule has 344 valence electrons. The van der Waals surface area contributed by atoms with Crippen LogP contribution in [0.1, 0.15) is 233 Å². The van der Waals surface area contributed by atoms with Gasteiger partial charge in [0.25, 0.3) is 0 Å². The van der Waals surface area contributed by atoms with Crippen LogP contribution >= 0.6 is 0 Å². The Labute approximate surface area is 370 Å². The fourth-order valence-corrected chi connectivity index (χ4v) is 6.66. The molecular weight excluding hydrogens is 745 g/mol. The van der Waals surface area contributed by atoms with Gasteiger partial charge in [0, 0.05) is 19.3 Å². The second kappa shape index (κ2) is 48.5. The van der Waals surface area contributed by atoms with Crippen molar-refractivity contribution in [3.8, 4) is 0 Å². The highest BCUT2D eigenvalue weighted by Crippen LogP contribution is 2.13. The Morgan fingerprint density at radius 1 is 0.333 bits per heavy atom. The van der Waals surface area contributed by atoms with Gasteiger partial charge in [0.2, 0.25) is 0 Å². The summed E-state index contributed by atoms with van der Waals surface area (Å²) in [4.78, 5) is 37.9. The molecule has 0 saturated heterocycles. The summed E-state index contributed by atoms with van der Waals surface area (Å²) in [5.41, 5.74) is 0. The summed E-state index contributed by atoms with van der Waals surface area (Å²) in [6.07, 6.45) is 60.2. The molecular formula is C54H92O6. The maximum absolute atomic E-state index is 12.7. The number of hydrogen-bond acceptors (Lipinski definition) is 6. The van der Waals surface area contributed by atoms with E-state index in [9.17, 15) is 14.4 Å². The van der Waals surface area contributed by atoms with Crippen LogP contribution in [-0.4, -0.2) is 37.2 Å². The van der Waals surface area contributed by atoms with E-state index in [2.05, 4.69) is 93.7 Å². The van der Waals surface area contributed by atoms with Crippen LogP contribution in [0, 0.1) is 0 Å². The van der Waals surface area contributed by atoms with Crippen LogP contribution in [0.25, 0.3) is 0 Å². The van der Waals surface area contributed by atoms with Crippen LogP contribution in [0.3, 0.4) is 0 Å². The van der Waals surface area contributed by atoms with Gasteiger partial charge in [-0.05, 0) is 89.9 Å². The third kappa shape index (κ3) is 45.9. The average molecular weight is 837 g/mol. The molecule has 1 atom stereocenters. The van der Waals surface area contributed by atoms with Crippen molar-refractivity contribution in [2.24, 2.45) is 0 Å². The van der Waals surface area contributed by atoms with Gasteiger partial charge in [0.1, 0.15) is 13.2 Å². The molecule has 0 radical (unpaired) electrons. The summed E-state index contributed by atoms with van der Waals surface area (Å²) in [7, 11) is 0. The second-order valence-electron chi connectivity index (χ2n) is 16.5. The van der Waals surface area contributed by atoms with Gasteiger partial charge in [-0.1, -0.05) is 196 Å². The van der Waals surface area contributed by atoms with E-state index in [-0.39, 0.29) is 31.1 Å². The van der Waals surface area contributed by atoms with Gasteiger partial charge < -0.3 is 14.2 Å². The molecule has 0 amide bonds. The Kier molecular flexibility index (Phi) is 46.0. The van der Waals surface area contributed by atoms with Crippen molar-refractivity contribution in [1.29, 1.82) is 0 Å². The molecule has 0 N–H and O–H groups in total. The van der Waals surface area contributed by atoms with E-state index >= 15 is 0 Å². The summed E-state index contributed by atoms with van der Waals surface area (Å²) in [6, 6.07) is 0. The molecule has 1 unspecified atom stereocenters.